The van der Waals surface area contributed by atoms with E-state index in [0.717, 1.165) is 23.4 Å². The van der Waals surface area contributed by atoms with Gasteiger partial charge in [-0.05, 0) is 28.1 Å². The van der Waals surface area contributed by atoms with E-state index in [1.807, 2.05) is 24.3 Å². The summed E-state index contributed by atoms with van der Waals surface area (Å²) < 4.78 is 6.60. The van der Waals surface area contributed by atoms with E-state index in [-0.39, 0.29) is 0 Å². The number of nitrogens with one attached hydrogen (secondary N) is 1. The topological polar surface area (TPSA) is 13.7 Å². The van der Waals surface area contributed by atoms with Gasteiger partial charge < -0.3 is 9.64 Å². The number of ether oxygens (including phenoxy) is 1. The number of rotatable bonds is 4. The van der Waals surface area contributed by atoms with Crippen molar-refractivity contribution >= 4 is 15.9 Å². The summed E-state index contributed by atoms with van der Waals surface area (Å²) in [6.45, 7) is 1.77. The summed E-state index contributed by atoms with van der Waals surface area (Å²) in [7, 11) is 4.23. The van der Waals surface area contributed by atoms with Crippen LogP contribution in [-0.2, 0) is 0 Å². The second kappa shape index (κ2) is 5.25. The zero-order valence-corrected chi connectivity index (χ0v) is 9.60. The summed E-state index contributed by atoms with van der Waals surface area (Å²) in [4.78, 5) is 1.40. The maximum absolute atomic E-state index is 5.58. The first-order chi connectivity index (χ1) is 6.20. The van der Waals surface area contributed by atoms with Crippen LogP contribution >= 0.6 is 15.9 Å². The second-order valence-corrected chi connectivity index (χ2v) is 4.09. The van der Waals surface area contributed by atoms with Crippen molar-refractivity contribution in [2.45, 2.75) is 0 Å². The van der Waals surface area contributed by atoms with Gasteiger partial charge >= 0.3 is 0 Å². The standard InChI is InChI=1S/C10H14BrNO/c1-12(2)7-8-13-10-6-4-3-5-9(10)11/h3-6H,7-8H2,1-2H3/p+1. The van der Waals surface area contributed by atoms with Crippen LogP contribution in [0.5, 0.6) is 5.75 Å². The number of benzene rings is 1. The van der Waals surface area contributed by atoms with Crippen molar-refractivity contribution < 1.29 is 9.64 Å². The van der Waals surface area contributed by atoms with Crippen LogP contribution in [0.4, 0.5) is 0 Å². The fraction of sp³-hybridized carbons (Fsp3) is 0.400. The van der Waals surface area contributed by atoms with Crippen molar-refractivity contribution in [3.63, 3.8) is 0 Å². The Kier molecular flexibility index (Phi) is 4.25. The quantitative estimate of drug-likeness (QED) is 0.834. The summed E-state index contributed by atoms with van der Waals surface area (Å²) in [5.41, 5.74) is 0. The first kappa shape index (κ1) is 10.5. The fourth-order valence-corrected chi connectivity index (χ4v) is 1.33. The zero-order valence-electron chi connectivity index (χ0n) is 8.01. The SMILES string of the molecule is C[NH+](C)CCOc1ccccc1Br. The predicted octanol–water partition coefficient (Wildman–Crippen LogP) is 0.972. The van der Waals surface area contributed by atoms with Crippen molar-refractivity contribution in [1.29, 1.82) is 0 Å². The molecule has 0 aliphatic heterocycles. The van der Waals surface area contributed by atoms with Gasteiger partial charge in [-0.3, -0.25) is 0 Å². The van der Waals surface area contributed by atoms with E-state index < -0.39 is 0 Å². The Balaban J connectivity index is 2.41. The van der Waals surface area contributed by atoms with Crippen molar-refractivity contribution in [1.82, 2.24) is 0 Å². The highest BCUT2D eigenvalue weighted by Gasteiger charge is 1.99. The highest BCUT2D eigenvalue weighted by Crippen LogP contribution is 2.23. The molecule has 0 saturated heterocycles. The summed E-state index contributed by atoms with van der Waals surface area (Å²) in [6, 6.07) is 7.91. The van der Waals surface area contributed by atoms with Gasteiger partial charge in [0.1, 0.15) is 18.9 Å². The third-order valence-electron chi connectivity index (χ3n) is 1.70. The van der Waals surface area contributed by atoms with E-state index in [9.17, 15) is 0 Å². The average molecular weight is 245 g/mol. The van der Waals surface area contributed by atoms with Gasteiger partial charge in [-0.1, -0.05) is 12.1 Å². The summed E-state index contributed by atoms with van der Waals surface area (Å²) in [5, 5.41) is 0. The van der Waals surface area contributed by atoms with Crippen molar-refractivity contribution in [3.8, 4) is 5.75 Å². The Morgan fingerprint density at radius 2 is 2.00 bits per heavy atom. The lowest BCUT2D eigenvalue weighted by Gasteiger charge is -2.09. The van der Waals surface area contributed by atoms with Crippen molar-refractivity contribution in [3.05, 3.63) is 28.7 Å². The van der Waals surface area contributed by atoms with Gasteiger partial charge in [0.25, 0.3) is 0 Å². The van der Waals surface area contributed by atoms with E-state index in [4.69, 9.17) is 4.74 Å². The molecule has 0 aliphatic carbocycles. The molecule has 1 aromatic carbocycles. The Labute approximate surface area is 87.6 Å². The van der Waals surface area contributed by atoms with Gasteiger partial charge in [0.05, 0.1) is 18.6 Å². The molecule has 1 N–H and O–H groups in total. The van der Waals surface area contributed by atoms with E-state index in [0.29, 0.717) is 0 Å². The predicted molar refractivity (Wildman–Crippen MR) is 57.3 cm³/mol. The highest BCUT2D eigenvalue weighted by atomic mass is 79.9. The molecule has 0 heterocycles. The Morgan fingerprint density at radius 3 is 2.62 bits per heavy atom. The molecule has 0 amide bonds. The summed E-state index contributed by atoms with van der Waals surface area (Å²) in [5.74, 6) is 0.920. The van der Waals surface area contributed by atoms with Crippen LogP contribution in [0.2, 0.25) is 0 Å². The zero-order chi connectivity index (χ0) is 9.68. The van der Waals surface area contributed by atoms with Crippen LogP contribution in [0, 0.1) is 0 Å². The third-order valence-corrected chi connectivity index (χ3v) is 2.35. The third kappa shape index (κ3) is 3.79. The summed E-state index contributed by atoms with van der Waals surface area (Å²) in [6.07, 6.45) is 0. The minimum absolute atomic E-state index is 0.755. The molecular formula is C10H15BrNO+. The fourth-order valence-electron chi connectivity index (χ4n) is 0.927. The van der Waals surface area contributed by atoms with Gasteiger partial charge in [0.2, 0.25) is 0 Å². The number of hydrogen-bond donors (Lipinski definition) is 1. The lowest BCUT2D eigenvalue weighted by molar-refractivity contribution is -0.858. The molecule has 0 aliphatic rings. The molecule has 72 valence electrons. The van der Waals surface area contributed by atoms with Crippen LogP contribution in [0.3, 0.4) is 0 Å². The molecule has 0 spiro atoms. The minimum atomic E-state index is 0.755. The normalized spacial score (nSPS) is 10.5. The number of hydrogen-bond acceptors (Lipinski definition) is 1. The van der Waals surface area contributed by atoms with Crippen LogP contribution in [0.15, 0.2) is 28.7 Å². The van der Waals surface area contributed by atoms with Crippen molar-refractivity contribution in [2.24, 2.45) is 0 Å². The smallest absolute Gasteiger partial charge is 0.137 e. The van der Waals surface area contributed by atoms with Crippen LogP contribution in [0.1, 0.15) is 0 Å². The highest BCUT2D eigenvalue weighted by molar-refractivity contribution is 9.10. The molecule has 0 atom stereocenters. The van der Waals surface area contributed by atoms with Crippen molar-refractivity contribution in [2.75, 3.05) is 27.2 Å². The first-order valence-corrected chi connectivity index (χ1v) is 5.16. The van der Waals surface area contributed by atoms with Gasteiger partial charge in [-0.25, -0.2) is 0 Å². The van der Waals surface area contributed by atoms with E-state index in [1.54, 1.807) is 0 Å². The van der Waals surface area contributed by atoms with E-state index in [2.05, 4.69) is 30.0 Å². The molecule has 13 heavy (non-hydrogen) atoms. The van der Waals surface area contributed by atoms with Gasteiger partial charge in [0, 0.05) is 0 Å². The molecule has 0 aromatic heterocycles. The number of halogens is 1. The molecule has 0 bridgehead atoms. The molecule has 2 nitrogen and oxygen atoms in total. The van der Waals surface area contributed by atoms with Crippen LogP contribution < -0.4 is 9.64 Å². The summed E-state index contributed by atoms with van der Waals surface area (Å²) >= 11 is 3.43. The second-order valence-electron chi connectivity index (χ2n) is 3.24. The largest absolute Gasteiger partial charge is 0.487 e. The van der Waals surface area contributed by atoms with Crippen LogP contribution in [0.25, 0.3) is 0 Å². The molecule has 0 saturated carbocycles. The van der Waals surface area contributed by atoms with Gasteiger partial charge in [-0.2, -0.15) is 0 Å². The Hall–Kier alpha value is -0.540. The molecule has 1 aromatic rings. The number of likely N-dealkylation sites (N-methyl/N-ethyl adjacent to an activating group) is 1. The van der Waals surface area contributed by atoms with Gasteiger partial charge in [0.15, 0.2) is 0 Å². The monoisotopic (exact) mass is 244 g/mol. The average Bonchev–Trinajstić information content (AvgIpc) is 2.08. The number of quaternary nitrogens is 1. The van der Waals surface area contributed by atoms with Gasteiger partial charge in [-0.15, -0.1) is 0 Å². The number of para-hydroxylation sites is 1. The Morgan fingerprint density at radius 1 is 1.31 bits per heavy atom. The molecule has 0 fully saturated rings. The molecule has 0 radical (unpaired) electrons. The van der Waals surface area contributed by atoms with E-state index in [1.165, 1.54) is 4.90 Å². The van der Waals surface area contributed by atoms with E-state index >= 15 is 0 Å². The van der Waals surface area contributed by atoms with Crippen LogP contribution in [-0.4, -0.2) is 27.2 Å². The maximum atomic E-state index is 5.58. The lowest BCUT2D eigenvalue weighted by atomic mass is 10.3. The first-order valence-electron chi connectivity index (χ1n) is 4.36. The maximum Gasteiger partial charge on any atom is 0.137 e. The Bertz CT molecular complexity index is 263. The molecule has 3 heteroatoms. The minimum Gasteiger partial charge on any atom is -0.487 e. The lowest BCUT2D eigenvalue weighted by Crippen LogP contribution is -3.06. The molecular weight excluding hydrogens is 230 g/mol. The molecule has 1 rings (SSSR count). The molecule has 0 unspecified atom stereocenters.